The zero-order chi connectivity index (χ0) is 15.6. The first kappa shape index (κ1) is 13.4. The van der Waals surface area contributed by atoms with Gasteiger partial charge < -0.3 is 19.4 Å². The number of carbonyl (C=O) groups is 1. The molecule has 0 fully saturated rings. The maximum absolute atomic E-state index is 12.3. The lowest BCUT2D eigenvalue weighted by atomic mass is 10.2. The maximum Gasteiger partial charge on any atom is 0.255 e. The second kappa shape index (κ2) is 5.49. The molecule has 0 spiro atoms. The van der Waals surface area contributed by atoms with Gasteiger partial charge in [-0.2, -0.15) is 0 Å². The smallest absolute Gasteiger partial charge is 0.255 e. The lowest BCUT2D eigenvalue weighted by molar-refractivity contribution is 0.102. The second-order valence-electron chi connectivity index (χ2n) is 5.04. The zero-order valence-electron chi connectivity index (χ0n) is 12.1. The van der Waals surface area contributed by atoms with Gasteiger partial charge >= 0.3 is 0 Å². The van der Waals surface area contributed by atoms with Crippen LogP contribution in [-0.2, 0) is 0 Å². The largest absolute Gasteiger partial charge is 0.454 e. The summed E-state index contributed by atoms with van der Waals surface area (Å²) in [6, 6.07) is 12.6. The highest BCUT2D eigenvalue weighted by atomic mass is 16.7. The minimum absolute atomic E-state index is 0.180. The van der Waals surface area contributed by atoms with Gasteiger partial charge in [-0.15, -0.1) is 0 Å². The van der Waals surface area contributed by atoms with Crippen molar-refractivity contribution in [2.24, 2.45) is 0 Å². The molecular formula is C17H13N3O3. The Morgan fingerprint density at radius 3 is 2.70 bits per heavy atom. The average molecular weight is 307 g/mol. The van der Waals surface area contributed by atoms with Crippen LogP contribution in [0.5, 0.6) is 11.5 Å². The Morgan fingerprint density at radius 1 is 1.09 bits per heavy atom. The lowest BCUT2D eigenvalue weighted by Crippen LogP contribution is -2.11. The number of hydrogen-bond donors (Lipinski definition) is 1. The molecule has 2 aromatic carbocycles. The molecule has 23 heavy (non-hydrogen) atoms. The second-order valence-corrected chi connectivity index (χ2v) is 5.04. The first-order valence-electron chi connectivity index (χ1n) is 7.09. The average Bonchev–Trinajstić information content (AvgIpc) is 3.26. The van der Waals surface area contributed by atoms with Crippen LogP contribution in [0.2, 0.25) is 0 Å². The molecule has 1 N–H and O–H groups in total. The number of nitrogens with zero attached hydrogens (tertiary/aromatic N) is 2. The van der Waals surface area contributed by atoms with Crippen LogP contribution in [0.1, 0.15) is 10.4 Å². The number of benzene rings is 2. The van der Waals surface area contributed by atoms with Crippen LogP contribution in [0.3, 0.4) is 0 Å². The molecule has 2 heterocycles. The highest BCUT2D eigenvalue weighted by molar-refractivity contribution is 6.04. The van der Waals surface area contributed by atoms with E-state index in [1.807, 2.05) is 22.9 Å². The van der Waals surface area contributed by atoms with Crippen molar-refractivity contribution in [3.05, 3.63) is 66.7 Å². The molecule has 0 saturated heterocycles. The molecule has 1 aliphatic heterocycles. The number of nitrogens with one attached hydrogen (secondary N) is 1. The van der Waals surface area contributed by atoms with Crippen molar-refractivity contribution in [1.29, 1.82) is 0 Å². The summed E-state index contributed by atoms with van der Waals surface area (Å²) in [5.74, 6) is 1.15. The van der Waals surface area contributed by atoms with Crippen LogP contribution in [0.25, 0.3) is 5.69 Å². The summed E-state index contributed by atoms with van der Waals surface area (Å²) in [6.45, 7) is 0.211. The van der Waals surface area contributed by atoms with Crippen molar-refractivity contribution in [2.45, 2.75) is 0 Å². The lowest BCUT2D eigenvalue weighted by Gasteiger charge is -2.07. The van der Waals surface area contributed by atoms with Gasteiger partial charge in [-0.1, -0.05) is 0 Å². The highest BCUT2D eigenvalue weighted by Gasteiger charge is 2.14. The monoisotopic (exact) mass is 307 g/mol. The van der Waals surface area contributed by atoms with E-state index in [-0.39, 0.29) is 12.7 Å². The first-order valence-corrected chi connectivity index (χ1v) is 7.09. The first-order chi connectivity index (χ1) is 11.3. The van der Waals surface area contributed by atoms with Crippen LogP contribution in [-0.4, -0.2) is 22.3 Å². The third kappa shape index (κ3) is 2.62. The van der Waals surface area contributed by atoms with Crippen LogP contribution in [0.4, 0.5) is 5.69 Å². The van der Waals surface area contributed by atoms with Crippen LogP contribution in [0.15, 0.2) is 61.2 Å². The van der Waals surface area contributed by atoms with Gasteiger partial charge in [0, 0.05) is 35.4 Å². The minimum Gasteiger partial charge on any atom is -0.454 e. The summed E-state index contributed by atoms with van der Waals surface area (Å²) >= 11 is 0. The van der Waals surface area contributed by atoms with Crippen LogP contribution in [0, 0.1) is 0 Å². The Labute approximate surface area is 132 Å². The Morgan fingerprint density at radius 2 is 1.91 bits per heavy atom. The number of hydrogen-bond acceptors (Lipinski definition) is 4. The molecule has 0 atom stereocenters. The molecule has 0 radical (unpaired) electrons. The summed E-state index contributed by atoms with van der Waals surface area (Å²) in [5.41, 5.74) is 2.19. The van der Waals surface area contributed by atoms with E-state index in [4.69, 9.17) is 9.47 Å². The van der Waals surface area contributed by atoms with Gasteiger partial charge in [0.25, 0.3) is 5.91 Å². The van der Waals surface area contributed by atoms with Crippen molar-refractivity contribution in [3.63, 3.8) is 0 Å². The topological polar surface area (TPSA) is 65.4 Å². The van der Waals surface area contributed by atoms with Crippen molar-refractivity contribution in [3.8, 4) is 17.2 Å². The molecule has 1 aromatic heterocycles. The van der Waals surface area contributed by atoms with E-state index in [0.717, 1.165) is 5.69 Å². The highest BCUT2D eigenvalue weighted by Crippen LogP contribution is 2.34. The van der Waals surface area contributed by atoms with Crippen LogP contribution < -0.4 is 14.8 Å². The fraction of sp³-hybridized carbons (Fsp3) is 0.0588. The quantitative estimate of drug-likeness (QED) is 0.808. The van der Waals surface area contributed by atoms with Gasteiger partial charge in [0.05, 0.1) is 6.33 Å². The number of rotatable bonds is 3. The van der Waals surface area contributed by atoms with Gasteiger partial charge in [-0.05, 0) is 36.4 Å². The standard InChI is InChI=1S/C17H13N3O3/c21-17(19-13-3-6-15-16(9-13)23-11-22-15)12-1-4-14(5-2-12)20-8-7-18-10-20/h1-10H,11H2,(H,19,21). The third-order valence-electron chi connectivity index (χ3n) is 3.56. The van der Waals surface area contributed by atoms with E-state index >= 15 is 0 Å². The Hall–Kier alpha value is -3.28. The molecule has 0 aliphatic carbocycles. The maximum atomic E-state index is 12.3. The van der Waals surface area contributed by atoms with Gasteiger partial charge in [-0.3, -0.25) is 4.79 Å². The summed E-state index contributed by atoms with van der Waals surface area (Å²) in [4.78, 5) is 16.3. The van der Waals surface area contributed by atoms with E-state index in [2.05, 4.69) is 10.3 Å². The predicted molar refractivity (Wildman–Crippen MR) is 84.1 cm³/mol. The number of anilines is 1. The van der Waals surface area contributed by atoms with Crippen molar-refractivity contribution < 1.29 is 14.3 Å². The number of ether oxygens (including phenoxy) is 2. The zero-order valence-corrected chi connectivity index (χ0v) is 12.1. The fourth-order valence-corrected chi connectivity index (χ4v) is 2.37. The molecule has 3 aromatic rings. The molecule has 1 aliphatic rings. The number of aromatic nitrogens is 2. The fourth-order valence-electron chi connectivity index (χ4n) is 2.37. The van der Waals surface area contributed by atoms with Gasteiger partial charge in [0.15, 0.2) is 11.5 Å². The van der Waals surface area contributed by atoms with E-state index in [1.165, 1.54) is 0 Å². The number of carbonyl (C=O) groups excluding carboxylic acids is 1. The summed E-state index contributed by atoms with van der Waals surface area (Å²) < 4.78 is 12.4. The number of imidazole rings is 1. The molecular weight excluding hydrogens is 294 g/mol. The number of amides is 1. The minimum atomic E-state index is -0.180. The van der Waals surface area contributed by atoms with E-state index in [1.54, 1.807) is 42.9 Å². The molecule has 1 amide bonds. The Kier molecular flexibility index (Phi) is 3.20. The summed E-state index contributed by atoms with van der Waals surface area (Å²) in [6.07, 6.45) is 5.27. The molecule has 0 saturated carbocycles. The molecule has 6 heteroatoms. The third-order valence-corrected chi connectivity index (χ3v) is 3.56. The molecule has 6 nitrogen and oxygen atoms in total. The van der Waals surface area contributed by atoms with Gasteiger partial charge in [-0.25, -0.2) is 4.98 Å². The number of fused-ring (bicyclic) bond motifs is 1. The molecule has 0 bridgehead atoms. The summed E-state index contributed by atoms with van der Waals surface area (Å²) in [5, 5.41) is 2.85. The van der Waals surface area contributed by atoms with E-state index < -0.39 is 0 Å². The SMILES string of the molecule is O=C(Nc1ccc2c(c1)OCO2)c1ccc(-n2ccnc2)cc1. The molecule has 4 rings (SSSR count). The van der Waals surface area contributed by atoms with Gasteiger partial charge in [0.2, 0.25) is 6.79 Å². The Bertz CT molecular complexity index is 842. The summed E-state index contributed by atoms with van der Waals surface area (Å²) in [7, 11) is 0. The van der Waals surface area contributed by atoms with Crippen molar-refractivity contribution >= 4 is 11.6 Å². The van der Waals surface area contributed by atoms with Crippen molar-refractivity contribution in [2.75, 3.05) is 12.1 Å². The van der Waals surface area contributed by atoms with E-state index in [9.17, 15) is 4.79 Å². The van der Waals surface area contributed by atoms with Crippen molar-refractivity contribution in [1.82, 2.24) is 9.55 Å². The van der Waals surface area contributed by atoms with Gasteiger partial charge in [0.1, 0.15) is 0 Å². The van der Waals surface area contributed by atoms with Crippen LogP contribution >= 0.6 is 0 Å². The molecule has 0 unspecified atom stereocenters. The normalized spacial score (nSPS) is 12.2. The van der Waals surface area contributed by atoms with E-state index in [0.29, 0.717) is 22.7 Å². The Balaban J connectivity index is 1.51. The predicted octanol–water partition coefficient (Wildman–Crippen LogP) is 2.85. The molecule has 114 valence electrons.